The van der Waals surface area contributed by atoms with E-state index < -0.39 is 15.9 Å². The summed E-state index contributed by atoms with van der Waals surface area (Å²) >= 11 is 0. The van der Waals surface area contributed by atoms with E-state index in [0.717, 1.165) is 12.7 Å². The molecule has 0 aliphatic carbocycles. The Morgan fingerprint density at radius 3 is 2.35 bits per heavy atom. The van der Waals surface area contributed by atoms with Gasteiger partial charge >= 0.3 is 0 Å². The van der Waals surface area contributed by atoms with Crippen LogP contribution in [-0.2, 0) is 14.6 Å². The van der Waals surface area contributed by atoms with Crippen molar-refractivity contribution in [1.29, 1.82) is 0 Å². The molecule has 0 saturated heterocycles. The van der Waals surface area contributed by atoms with Gasteiger partial charge in [-0.25, -0.2) is 8.42 Å². The Bertz CT molecular complexity index is 436. The molecule has 1 rings (SSSR count). The fourth-order valence-electron chi connectivity index (χ4n) is 1.37. The summed E-state index contributed by atoms with van der Waals surface area (Å²) in [6.45, 7) is 2.83. The Morgan fingerprint density at radius 2 is 1.88 bits per heavy atom. The van der Waals surface area contributed by atoms with Crippen LogP contribution in [0.15, 0.2) is 29.2 Å². The van der Waals surface area contributed by atoms with Gasteiger partial charge in [-0.05, 0) is 24.1 Å². The van der Waals surface area contributed by atoms with Gasteiger partial charge < -0.3 is 9.84 Å². The highest BCUT2D eigenvalue weighted by Crippen LogP contribution is 2.16. The van der Waals surface area contributed by atoms with E-state index >= 15 is 0 Å². The zero-order chi connectivity index (χ0) is 12.9. The molecule has 5 heteroatoms. The van der Waals surface area contributed by atoms with Crippen LogP contribution in [0.25, 0.3) is 0 Å². The lowest BCUT2D eigenvalue weighted by Crippen LogP contribution is -2.08. The third kappa shape index (κ3) is 4.46. The average Bonchev–Trinajstić information content (AvgIpc) is 2.28. The van der Waals surface area contributed by atoms with Crippen LogP contribution < -0.4 is 0 Å². The number of sulfone groups is 1. The van der Waals surface area contributed by atoms with Gasteiger partial charge in [-0.15, -0.1) is 0 Å². The Balaban J connectivity index is 2.67. The highest BCUT2D eigenvalue weighted by Gasteiger charge is 2.10. The topological polar surface area (TPSA) is 63.6 Å². The molecule has 1 unspecified atom stereocenters. The number of hydrogen-bond donors (Lipinski definition) is 1. The molecule has 0 heterocycles. The fraction of sp³-hybridized carbons (Fsp3) is 0.500. The first-order chi connectivity index (χ1) is 7.95. The zero-order valence-electron chi connectivity index (χ0n) is 10.1. The van der Waals surface area contributed by atoms with E-state index in [1.165, 1.54) is 12.1 Å². The van der Waals surface area contributed by atoms with Crippen molar-refractivity contribution in [3.63, 3.8) is 0 Å². The van der Waals surface area contributed by atoms with Crippen LogP contribution in [0.4, 0.5) is 0 Å². The Labute approximate surface area is 102 Å². The van der Waals surface area contributed by atoms with Gasteiger partial charge in [0, 0.05) is 12.9 Å². The van der Waals surface area contributed by atoms with Crippen molar-refractivity contribution in [3.8, 4) is 0 Å². The minimum atomic E-state index is -3.18. The van der Waals surface area contributed by atoms with Gasteiger partial charge in [0.2, 0.25) is 0 Å². The van der Waals surface area contributed by atoms with Crippen LogP contribution in [0.1, 0.15) is 25.0 Å². The van der Waals surface area contributed by atoms with Crippen LogP contribution in [-0.4, -0.2) is 33.0 Å². The van der Waals surface area contributed by atoms with E-state index in [2.05, 4.69) is 0 Å². The SMILES string of the molecule is CCCOCC(O)c1ccc(S(C)(=O)=O)cc1. The maximum Gasteiger partial charge on any atom is 0.175 e. The minimum Gasteiger partial charge on any atom is -0.386 e. The molecular weight excluding hydrogens is 240 g/mol. The predicted molar refractivity (Wildman–Crippen MR) is 65.6 cm³/mol. The Kier molecular flexibility index (Phi) is 5.11. The third-order valence-electron chi connectivity index (χ3n) is 2.32. The highest BCUT2D eigenvalue weighted by atomic mass is 32.2. The lowest BCUT2D eigenvalue weighted by atomic mass is 10.1. The van der Waals surface area contributed by atoms with Crippen molar-refractivity contribution in [2.75, 3.05) is 19.5 Å². The second kappa shape index (κ2) is 6.14. The molecule has 17 heavy (non-hydrogen) atoms. The monoisotopic (exact) mass is 258 g/mol. The molecule has 0 aromatic heterocycles. The first kappa shape index (κ1) is 14.2. The number of benzene rings is 1. The summed E-state index contributed by atoms with van der Waals surface area (Å²) in [5.74, 6) is 0. The molecule has 1 aromatic carbocycles. The van der Waals surface area contributed by atoms with Crippen molar-refractivity contribution in [2.24, 2.45) is 0 Å². The van der Waals surface area contributed by atoms with E-state index in [9.17, 15) is 13.5 Å². The number of hydrogen-bond acceptors (Lipinski definition) is 4. The molecule has 0 aliphatic rings. The van der Waals surface area contributed by atoms with Gasteiger partial charge in [-0.1, -0.05) is 19.1 Å². The molecule has 1 N–H and O–H groups in total. The predicted octanol–water partition coefficient (Wildman–Crippen LogP) is 1.55. The molecule has 1 atom stereocenters. The number of aliphatic hydroxyl groups is 1. The van der Waals surface area contributed by atoms with Gasteiger partial charge in [0.05, 0.1) is 11.5 Å². The molecule has 0 bridgehead atoms. The quantitative estimate of drug-likeness (QED) is 0.786. The van der Waals surface area contributed by atoms with E-state index in [4.69, 9.17) is 4.74 Å². The largest absolute Gasteiger partial charge is 0.386 e. The second-order valence-corrected chi connectivity index (χ2v) is 5.95. The minimum absolute atomic E-state index is 0.228. The fourth-order valence-corrected chi connectivity index (χ4v) is 2.00. The third-order valence-corrected chi connectivity index (χ3v) is 3.45. The summed E-state index contributed by atoms with van der Waals surface area (Å²) < 4.78 is 27.7. The summed E-state index contributed by atoms with van der Waals surface area (Å²) in [4.78, 5) is 0.253. The van der Waals surface area contributed by atoms with E-state index in [1.807, 2.05) is 6.92 Å². The lowest BCUT2D eigenvalue weighted by molar-refractivity contribution is 0.0363. The molecule has 0 fully saturated rings. The molecule has 0 spiro atoms. The van der Waals surface area contributed by atoms with E-state index in [1.54, 1.807) is 12.1 Å². The molecule has 4 nitrogen and oxygen atoms in total. The molecule has 0 aliphatic heterocycles. The summed E-state index contributed by atoms with van der Waals surface area (Å²) in [6.07, 6.45) is 1.35. The molecule has 0 amide bonds. The van der Waals surface area contributed by atoms with Gasteiger partial charge in [0.15, 0.2) is 9.84 Å². The smallest absolute Gasteiger partial charge is 0.175 e. The molecule has 0 radical (unpaired) electrons. The summed E-state index contributed by atoms with van der Waals surface area (Å²) in [5.41, 5.74) is 0.661. The zero-order valence-corrected chi connectivity index (χ0v) is 10.9. The van der Waals surface area contributed by atoms with Crippen LogP contribution in [0, 0.1) is 0 Å². The van der Waals surface area contributed by atoms with Crippen molar-refractivity contribution >= 4 is 9.84 Å². The lowest BCUT2D eigenvalue weighted by Gasteiger charge is -2.11. The van der Waals surface area contributed by atoms with Crippen LogP contribution in [0.3, 0.4) is 0 Å². The van der Waals surface area contributed by atoms with Crippen molar-refractivity contribution in [1.82, 2.24) is 0 Å². The van der Waals surface area contributed by atoms with Crippen LogP contribution in [0.5, 0.6) is 0 Å². The van der Waals surface area contributed by atoms with Crippen molar-refractivity contribution in [3.05, 3.63) is 29.8 Å². The number of ether oxygens (including phenoxy) is 1. The number of aliphatic hydroxyl groups excluding tert-OH is 1. The van der Waals surface area contributed by atoms with Gasteiger partial charge in [-0.3, -0.25) is 0 Å². The maximum absolute atomic E-state index is 11.2. The van der Waals surface area contributed by atoms with Crippen molar-refractivity contribution < 1.29 is 18.3 Å². The first-order valence-corrected chi connectivity index (χ1v) is 7.40. The Hall–Kier alpha value is -0.910. The molecule has 1 aromatic rings. The van der Waals surface area contributed by atoms with Gasteiger partial charge in [0.1, 0.15) is 6.10 Å². The normalized spacial score (nSPS) is 13.6. The van der Waals surface area contributed by atoms with Crippen molar-refractivity contribution in [2.45, 2.75) is 24.3 Å². The maximum atomic E-state index is 11.2. The van der Waals surface area contributed by atoms with Crippen LogP contribution >= 0.6 is 0 Å². The number of rotatable bonds is 6. The molecule has 96 valence electrons. The highest BCUT2D eigenvalue weighted by molar-refractivity contribution is 7.90. The molecule has 0 saturated carbocycles. The first-order valence-electron chi connectivity index (χ1n) is 5.51. The molecular formula is C12H18O4S. The Morgan fingerprint density at radius 1 is 1.29 bits per heavy atom. The average molecular weight is 258 g/mol. The van der Waals surface area contributed by atoms with E-state index in [-0.39, 0.29) is 11.5 Å². The van der Waals surface area contributed by atoms with Gasteiger partial charge in [0.25, 0.3) is 0 Å². The van der Waals surface area contributed by atoms with E-state index in [0.29, 0.717) is 12.2 Å². The summed E-state index contributed by atoms with van der Waals surface area (Å²) in [6, 6.07) is 6.20. The summed E-state index contributed by atoms with van der Waals surface area (Å²) in [7, 11) is -3.18. The summed E-state index contributed by atoms with van der Waals surface area (Å²) in [5, 5.41) is 9.77. The standard InChI is InChI=1S/C12H18O4S/c1-3-8-16-9-12(13)10-4-6-11(7-5-10)17(2,14)15/h4-7,12-13H,3,8-9H2,1-2H3. The van der Waals surface area contributed by atoms with Crippen LogP contribution in [0.2, 0.25) is 0 Å². The van der Waals surface area contributed by atoms with Gasteiger partial charge in [-0.2, -0.15) is 0 Å². The second-order valence-electron chi connectivity index (χ2n) is 3.93.